The van der Waals surface area contributed by atoms with Crippen molar-refractivity contribution >= 4 is 9.84 Å². The molecule has 0 aromatic heterocycles. The number of rotatable bonds is 9. The molecule has 0 amide bonds. The Balaban J connectivity index is 1.98. The first-order valence-electron chi connectivity index (χ1n) is 8.59. The molecule has 4 nitrogen and oxygen atoms in total. The highest BCUT2D eigenvalue weighted by atomic mass is 32.2. The summed E-state index contributed by atoms with van der Waals surface area (Å²) in [7, 11) is -3.68. The smallest absolute Gasteiger partial charge is 0.194 e. The molecule has 0 heterocycles. The van der Waals surface area contributed by atoms with Crippen LogP contribution in [0.2, 0.25) is 0 Å². The van der Waals surface area contributed by atoms with Crippen LogP contribution in [-0.4, -0.2) is 31.5 Å². The monoisotopic (exact) mass is 378 g/mol. The Morgan fingerprint density at radius 3 is 2.27 bits per heavy atom. The summed E-state index contributed by atoms with van der Waals surface area (Å²) < 4.78 is 38.7. The molecule has 0 saturated carbocycles. The summed E-state index contributed by atoms with van der Waals surface area (Å²) in [5.41, 5.74) is 1.07. The SMILES string of the molecule is CC(C)[C@@H](NC[C@H](O)[CH]Cc1ccccc1)S(=O)(=O)c1ccc(F)cc1. The van der Waals surface area contributed by atoms with E-state index in [0.717, 1.165) is 17.7 Å². The Kier molecular flexibility index (Phi) is 7.32. The van der Waals surface area contributed by atoms with Crippen LogP contribution >= 0.6 is 0 Å². The van der Waals surface area contributed by atoms with Gasteiger partial charge in [-0.05, 0) is 48.6 Å². The summed E-state index contributed by atoms with van der Waals surface area (Å²) in [6.07, 6.45) is 1.56. The van der Waals surface area contributed by atoms with Crippen molar-refractivity contribution in [1.29, 1.82) is 0 Å². The Morgan fingerprint density at radius 1 is 1.08 bits per heavy atom. The Hall–Kier alpha value is -1.76. The lowest BCUT2D eigenvalue weighted by molar-refractivity contribution is 0.196. The fourth-order valence-corrected chi connectivity index (χ4v) is 4.52. The average Bonchev–Trinajstić information content (AvgIpc) is 2.61. The van der Waals surface area contributed by atoms with Crippen LogP contribution in [0.5, 0.6) is 0 Å². The number of hydrogen-bond donors (Lipinski definition) is 2. The molecule has 0 aliphatic heterocycles. The lowest BCUT2D eigenvalue weighted by Gasteiger charge is -2.24. The third-order valence-corrected chi connectivity index (χ3v) is 6.39. The molecule has 0 fully saturated rings. The van der Waals surface area contributed by atoms with Crippen LogP contribution in [0.3, 0.4) is 0 Å². The molecule has 0 bridgehead atoms. The standard InChI is InChI=1S/C20H25FNO3S/c1-15(2)20(26(24,25)19-12-9-17(21)10-13-19)22-14-18(23)11-8-16-6-4-3-5-7-16/h3-7,9-13,15,18,20,22-23H,8,14H2,1-2H3/t18-,20+/m1/s1. The molecular formula is C20H25FNO3S. The number of nitrogens with one attached hydrogen (secondary N) is 1. The molecule has 6 heteroatoms. The number of aliphatic hydroxyl groups excluding tert-OH is 1. The highest BCUT2D eigenvalue weighted by Crippen LogP contribution is 2.20. The first-order valence-corrected chi connectivity index (χ1v) is 10.1. The van der Waals surface area contributed by atoms with Crippen LogP contribution in [0.25, 0.3) is 0 Å². The van der Waals surface area contributed by atoms with Crippen molar-refractivity contribution in [1.82, 2.24) is 5.32 Å². The maximum absolute atomic E-state index is 13.1. The van der Waals surface area contributed by atoms with Crippen LogP contribution in [0, 0.1) is 18.2 Å². The molecule has 141 valence electrons. The van der Waals surface area contributed by atoms with E-state index in [2.05, 4.69) is 5.32 Å². The number of benzene rings is 2. The van der Waals surface area contributed by atoms with E-state index in [-0.39, 0.29) is 17.4 Å². The summed E-state index contributed by atoms with van der Waals surface area (Å²) in [5, 5.41) is 12.2. The molecule has 0 aliphatic carbocycles. The predicted octanol–water partition coefficient (Wildman–Crippen LogP) is 2.98. The molecular weight excluding hydrogens is 353 g/mol. The van der Waals surface area contributed by atoms with Crippen LogP contribution in [0.15, 0.2) is 59.5 Å². The largest absolute Gasteiger partial charge is 0.391 e. The van der Waals surface area contributed by atoms with Crippen molar-refractivity contribution in [2.45, 2.75) is 36.6 Å². The number of aliphatic hydroxyl groups is 1. The van der Waals surface area contributed by atoms with Crippen molar-refractivity contribution in [3.63, 3.8) is 0 Å². The summed E-state index contributed by atoms with van der Waals surface area (Å²) in [6, 6.07) is 14.5. The molecule has 0 unspecified atom stereocenters. The van der Waals surface area contributed by atoms with Crippen molar-refractivity contribution in [3.05, 3.63) is 72.4 Å². The van der Waals surface area contributed by atoms with E-state index in [9.17, 15) is 17.9 Å². The van der Waals surface area contributed by atoms with Crippen molar-refractivity contribution in [3.8, 4) is 0 Å². The summed E-state index contributed by atoms with van der Waals surface area (Å²) in [6.45, 7) is 3.70. The fourth-order valence-electron chi connectivity index (χ4n) is 2.68. The Labute approximate surface area is 155 Å². The second-order valence-corrected chi connectivity index (χ2v) is 8.63. The minimum absolute atomic E-state index is 0.0628. The quantitative estimate of drug-likeness (QED) is 0.659. The van der Waals surface area contributed by atoms with E-state index in [4.69, 9.17) is 0 Å². The molecule has 2 rings (SSSR count). The van der Waals surface area contributed by atoms with Gasteiger partial charge in [0.25, 0.3) is 0 Å². The molecule has 0 aliphatic rings. The molecule has 2 aromatic rings. The van der Waals surface area contributed by atoms with Crippen LogP contribution in [-0.2, 0) is 16.3 Å². The van der Waals surface area contributed by atoms with Gasteiger partial charge in [0.15, 0.2) is 9.84 Å². The molecule has 0 spiro atoms. The molecule has 26 heavy (non-hydrogen) atoms. The second kappa shape index (κ2) is 9.26. The first-order chi connectivity index (χ1) is 12.3. The predicted molar refractivity (Wildman–Crippen MR) is 101 cm³/mol. The Bertz CT molecular complexity index is 776. The van der Waals surface area contributed by atoms with Gasteiger partial charge in [-0.15, -0.1) is 0 Å². The maximum atomic E-state index is 13.1. The molecule has 1 radical (unpaired) electrons. The average molecular weight is 378 g/mol. The fraction of sp³-hybridized carbons (Fsp3) is 0.350. The van der Waals surface area contributed by atoms with Gasteiger partial charge in [-0.3, -0.25) is 5.32 Å². The minimum atomic E-state index is -3.68. The lowest BCUT2D eigenvalue weighted by Crippen LogP contribution is -2.44. The third-order valence-electron chi connectivity index (χ3n) is 4.08. The summed E-state index contributed by atoms with van der Waals surface area (Å²) >= 11 is 0. The van der Waals surface area contributed by atoms with Crippen molar-refractivity contribution in [2.75, 3.05) is 6.54 Å². The van der Waals surface area contributed by atoms with Crippen molar-refractivity contribution in [2.24, 2.45) is 5.92 Å². The Morgan fingerprint density at radius 2 is 1.69 bits per heavy atom. The topological polar surface area (TPSA) is 66.4 Å². The van der Waals surface area contributed by atoms with Crippen LogP contribution in [0.1, 0.15) is 19.4 Å². The first kappa shape index (κ1) is 20.6. The van der Waals surface area contributed by atoms with Gasteiger partial charge in [-0.25, -0.2) is 12.8 Å². The zero-order valence-corrected chi connectivity index (χ0v) is 15.8. The highest BCUT2D eigenvalue weighted by Gasteiger charge is 2.30. The van der Waals surface area contributed by atoms with Gasteiger partial charge >= 0.3 is 0 Å². The minimum Gasteiger partial charge on any atom is -0.391 e. The van der Waals surface area contributed by atoms with Gasteiger partial charge in [0.05, 0.1) is 11.0 Å². The van der Waals surface area contributed by atoms with Gasteiger partial charge in [-0.1, -0.05) is 44.2 Å². The van der Waals surface area contributed by atoms with Gasteiger partial charge in [0.1, 0.15) is 11.2 Å². The molecule has 2 N–H and O–H groups in total. The van der Waals surface area contributed by atoms with Gasteiger partial charge in [0, 0.05) is 6.54 Å². The van der Waals surface area contributed by atoms with E-state index >= 15 is 0 Å². The third kappa shape index (κ3) is 5.62. The van der Waals surface area contributed by atoms with E-state index in [1.54, 1.807) is 20.3 Å². The normalized spacial score (nSPS) is 14.3. The zero-order valence-electron chi connectivity index (χ0n) is 15.0. The molecule has 2 aromatic carbocycles. The van der Waals surface area contributed by atoms with Crippen molar-refractivity contribution < 1.29 is 17.9 Å². The zero-order chi connectivity index (χ0) is 19.2. The number of halogens is 1. The van der Waals surface area contributed by atoms with Crippen LogP contribution < -0.4 is 5.32 Å². The van der Waals surface area contributed by atoms with E-state index in [0.29, 0.717) is 6.42 Å². The van der Waals surface area contributed by atoms with E-state index < -0.39 is 27.1 Å². The summed E-state index contributed by atoms with van der Waals surface area (Å²) in [4.78, 5) is 0.0628. The highest BCUT2D eigenvalue weighted by molar-refractivity contribution is 7.92. The number of sulfone groups is 1. The van der Waals surface area contributed by atoms with Gasteiger partial charge in [-0.2, -0.15) is 0 Å². The van der Waals surface area contributed by atoms with E-state index in [1.165, 1.54) is 12.1 Å². The maximum Gasteiger partial charge on any atom is 0.194 e. The van der Waals surface area contributed by atoms with Crippen LogP contribution in [0.4, 0.5) is 4.39 Å². The number of hydrogen-bond acceptors (Lipinski definition) is 4. The summed E-state index contributed by atoms with van der Waals surface area (Å²) in [5.74, 6) is -0.699. The molecule has 2 atom stereocenters. The van der Waals surface area contributed by atoms with Gasteiger partial charge in [0.2, 0.25) is 0 Å². The lowest BCUT2D eigenvalue weighted by atomic mass is 10.1. The van der Waals surface area contributed by atoms with Gasteiger partial charge < -0.3 is 5.11 Å². The second-order valence-electron chi connectivity index (χ2n) is 6.56. The molecule has 0 saturated heterocycles. The van der Waals surface area contributed by atoms with E-state index in [1.807, 2.05) is 30.3 Å².